The molecule has 0 aliphatic rings. The summed E-state index contributed by atoms with van der Waals surface area (Å²) < 4.78 is 6.34. The van der Waals surface area contributed by atoms with Crippen LogP contribution in [0, 0.1) is 0 Å². The number of anilines is 3. The fraction of sp³-hybridized carbons (Fsp3) is 0. The van der Waals surface area contributed by atoms with Crippen molar-refractivity contribution >= 4 is 71.6 Å². The largest absolute Gasteiger partial charge is 0.456 e. The summed E-state index contributed by atoms with van der Waals surface area (Å²) in [4.78, 5) is 13.0. The van der Waals surface area contributed by atoms with Gasteiger partial charge >= 0.3 is 0 Å². The molecule has 0 aliphatic carbocycles. The maximum Gasteiger partial charge on any atom is 0.137 e. The lowest BCUT2D eigenvalue weighted by atomic mass is 9.98. The highest BCUT2D eigenvalue weighted by molar-refractivity contribution is 6.19. The number of furan rings is 1. The second-order valence-corrected chi connectivity index (χ2v) is 12.6. The molecule has 50 heavy (non-hydrogen) atoms. The molecule has 0 saturated heterocycles. The molecule has 10 rings (SSSR count). The molecule has 0 N–H and O–H groups in total. The molecule has 0 amide bonds. The molecule has 0 unspecified atom stereocenters. The summed E-state index contributed by atoms with van der Waals surface area (Å²) in [5.74, 6) is 0. The predicted molar refractivity (Wildman–Crippen MR) is 207 cm³/mol. The van der Waals surface area contributed by atoms with E-state index in [4.69, 9.17) is 14.4 Å². The van der Waals surface area contributed by atoms with Crippen LogP contribution in [0.4, 0.5) is 17.1 Å². The Labute approximate surface area is 288 Å². The fourth-order valence-corrected chi connectivity index (χ4v) is 7.26. The van der Waals surface area contributed by atoms with Crippen molar-refractivity contribution < 1.29 is 4.42 Å². The molecule has 2 aromatic heterocycles. The quantitative estimate of drug-likeness (QED) is 0.176. The van der Waals surface area contributed by atoms with Crippen molar-refractivity contribution in [2.45, 2.75) is 0 Å². The monoisotopic (exact) mass is 639 g/mol. The van der Waals surface area contributed by atoms with E-state index >= 15 is 0 Å². The van der Waals surface area contributed by atoms with Crippen LogP contribution in [0.3, 0.4) is 0 Å². The van der Waals surface area contributed by atoms with Gasteiger partial charge in [0.25, 0.3) is 0 Å². The number of nitrogens with zero attached hydrogens (tertiary/aromatic N) is 3. The van der Waals surface area contributed by atoms with Crippen molar-refractivity contribution in [1.82, 2.24) is 9.97 Å². The zero-order valence-corrected chi connectivity index (χ0v) is 27.0. The average Bonchev–Trinajstić information content (AvgIpc) is 3.56. The van der Waals surface area contributed by atoms with Gasteiger partial charge in [0.05, 0.1) is 22.4 Å². The lowest BCUT2D eigenvalue weighted by Gasteiger charge is -2.26. The summed E-state index contributed by atoms with van der Waals surface area (Å²) in [6, 6.07) is 61.3. The standard InChI is InChI=1S/C46H29N3O/c1-4-12-32(13-5-1)44-45(33-14-6-2-7-15-33)48-46-40(47-44)27-23-31-21-20-30-22-24-35(28-39(30)43(31)46)49(34-16-8-3-9-17-34)36-25-26-38-37-18-10-11-19-41(37)50-42(38)29-36/h1-29H. The molecule has 2 heterocycles. The first-order valence-electron chi connectivity index (χ1n) is 16.8. The Kier molecular flexibility index (Phi) is 6.46. The van der Waals surface area contributed by atoms with E-state index in [2.05, 4.69) is 157 Å². The van der Waals surface area contributed by atoms with Crippen molar-refractivity contribution in [3.8, 4) is 22.5 Å². The van der Waals surface area contributed by atoms with Crippen molar-refractivity contribution in [3.05, 3.63) is 176 Å². The topological polar surface area (TPSA) is 42.2 Å². The van der Waals surface area contributed by atoms with E-state index in [0.29, 0.717) is 0 Å². The lowest BCUT2D eigenvalue weighted by Crippen LogP contribution is -2.09. The first-order valence-corrected chi connectivity index (χ1v) is 16.8. The van der Waals surface area contributed by atoms with Gasteiger partial charge in [-0.25, -0.2) is 9.97 Å². The minimum absolute atomic E-state index is 0.861. The number of aromatic nitrogens is 2. The van der Waals surface area contributed by atoms with Gasteiger partial charge in [0, 0.05) is 50.4 Å². The Morgan fingerprint density at radius 3 is 1.76 bits per heavy atom. The smallest absolute Gasteiger partial charge is 0.137 e. The number of rotatable bonds is 5. The van der Waals surface area contributed by atoms with Crippen LogP contribution in [0.1, 0.15) is 0 Å². The summed E-state index contributed by atoms with van der Waals surface area (Å²) in [6.45, 7) is 0. The highest BCUT2D eigenvalue weighted by atomic mass is 16.3. The van der Waals surface area contributed by atoms with Crippen LogP contribution in [-0.4, -0.2) is 9.97 Å². The molecule has 8 aromatic carbocycles. The number of hydrogen-bond acceptors (Lipinski definition) is 4. The number of para-hydroxylation sites is 2. The normalized spacial score (nSPS) is 11.6. The van der Waals surface area contributed by atoms with Gasteiger partial charge in [-0.05, 0) is 64.7 Å². The van der Waals surface area contributed by atoms with Crippen LogP contribution >= 0.6 is 0 Å². The average molecular weight is 640 g/mol. The van der Waals surface area contributed by atoms with E-state index in [1.165, 1.54) is 0 Å². The van der Waals surface area contributed by atoms with Crippen LogP contribution < -0.4 is 4.90 Å². The summed E-state index contributed by atoms with van der Waals surface area (Å²) in [5.41, 5.74) is 10.5. The molecule has 10 aromatic rings. The van der Waals surface area contributed by atoms with Crippen LogP contribution in [0.15, 0.2) is 180 Å². The van der Waals surface area contributed by atoms with Crippen molar-refractivity contribution in [2.75, 3.05) is 4.90 Å². The van der Waals surface area contributed by atoms with E-state index in [1.807, 2.05) is 24.3 Å². The third-order valence-electron chi connectivity index (χ3n) is 9.61. The maximum atomic E-state index is 6.34. The highest BCUT2D eigenvalue weighted by Crippen LogP contribution is 2.42. The molecule has 0 spiro atoms. The van der Waals surface area contributed by atoms with Gasteiger partial charge in [-0.1, -0.05) is 121 Å². The highest BCUT2D eigenvalue weighted by Gasteiger charge is 2.19. The Balaban J connectivity index is 1.23. The Morgan fingerprint density at radius 1 is 0.400 bits per heavy atom. The molecule has 0 aliphatic heterocycles. The van der Waals surface area contributed by atoms with Crippen LogP contribution in [0.25, 0.3) is 77.0 Å². The molecule has 0 atom stereocenters. The van der Waals surface area contributed by atoms with Gasteiger partial charge in [-0.2, -0.15) is 0 Å². The van der Waals surface area contributed by atoms with Gasteiger partial charge in [-0.15, -0.1) is 0 Å². The third kappa shape index (κ3) is 4.61. The predicted octanol–water partition coefficient (Wildman–Crippen LogP) is 12.6. The fourth-order valence-electron chi connectivity index (χ4n) is 7.26. The van der Waals surface area contributed by atoms with Gasteiger partial charge in [0.15, 0.2) is 0 Å². The second kappa shape index (κ2) is 11.4. The molecule has 0 fully saturated rings. The number of hydrogen-bond donors (Lipinski definition) is 0. The Morgan fingerprint density at radius 2 is 0.980 bits per heavy atom. The van der Waals surface area contributed by atoms with Crippen LogP contribution in [0.2, 0.25) is 0 Å². The van der Waals surface area contributed by atoms with Crippen LogP contribution in [0.5, 0.6) is 0 Å². The summed E-state index contributed by atoms with van der Waals surface area (Å²) in [7, 11) is 0. The Hall–Kier alpha value is -6.78. The first kappa shape index (κ1) is 28.3. The molecule has 4 heteroatoms. The Bertz CT molecular complexity index is 2860. The second-order valence-electron chi connectivity index (χ2n) is 12.6. The molecule has 4 nitrogen and oxygen atoms in total. The van der Waals surface area contributed by atoms with Crippen molar-refractivity contribution in [3.63, 3.8) is 0 Å². The van der Waals surface area contributed by atoms with Gasteiger partial charge < -0.3 is 9.32 Å². The van der Waals surface area contributed by atoms with Gasteiger partial charge in [0.2, 0.25) is 0 Å². The lowest BCUT2D eigenvalue weighted by molar-refractivity contribution is 0.669. The van der Waals surface area contributed by atoms with E-state index in [9.17, 15) is 0 Å². The number of fused-ring (bicyclic) bond motifs is 8. The minimum Gasteiger partial charge on any atom is -0.456 e. The van der Waals surface area contributed by atoms with Crippen molar-refractivity contribution in [1.29, 1.82) is 0 Å². The zero-order valence-electron chi connectivity index (χ0n) is 27.0. The summed E-state index contributed by atoms with van der Waals surface area (Å²) in [5, 5.41) is 6.71. The SMILES string of the molecule is c1ccc(-c2nc3ccc4ccc5ccc(N(c6ccccc6)c6ccc7c(c6)oc6ccccc67)cc5c4c3nc2-c2ccccc2)cc1. The number of benzene rings is 8. The summed E-state index contributed by atoms with van der Waals surface area (Å²) in [6.07, 6.45) is 0. The molecule has 0 saturated carbocycles. The van der Waals surface area contributed by atoms with E-state index < -0.39 is 0 Å². The molecule has 0 radical (unpaired) electrons. The van der Waals surface area contributed by atoms with Crippen molar-refractivity contribution in [2.24, 2.45) is 0 Å². The molecular formula is C46H29N3O. The molecule has 0 bridgehead atoms. The first-order chi connectivity index (χ1) is 24.8. The van der Waals surface area contributed by atoms with Gasteiger partial charge in [-0.3, -0.25) is 0 Å². The third-order valence-corrected chi connectivity index (χ3v) is 9.61. The van der Waals surface area contributed by atoms with Crippen LogP contribution in [-0.2, 0) is 0 Å². The zero-order chi connectivity index (χ0) is 33.0. The van der Waals surface area contributed by atoms with E-state index in [-0.39, 0.29) is 0 Å². The molecule has 234 valence electrons. The maximum absolute atomic E-state index is 6.34. The van der Waals surface area contributed by atoms with E-state index in [0.717, 1.165) is 94.1 Å². The van der Waals surface area contributed by atoms with Gasteiger partial charge in [0.1, 0.15) is 11.2 Å². The van der Waals surface area contributed by atoms with E-state index in [1.54, 1.807) is 0 Å². The molecular weight excluding hydrogens is 611 g/mol. The summed E-state index contributed by atoms with van der Waals surface area (Å²) >= 11 is 0. The minimum atomic E-state index is 0.861.